The summed E-state index contributed by atoms with van der Waals surface area (Å²) in [6.45, 7) is 0.210. The Morgan fingerprint density at radius 1 is 1.14 bits per heavy atom. The first-order chi connectivity index (χ1) is 10.6. The number of hydrogen-bond donors (Lipinski definition) is 0. The molecule has 2 rings (SSSR count). The molecule has 0 spiro atoms. The van der Waals surface area contributed by atoms with Crippen LogP contribution in [0.25, 0.3) is 0 Å². The maximum Gasteiger partial charge on any atom is 0.339 e. The summed E-state index contributed by atoms with van der Waals surface area (Å²) in [6.07, 6.45) is 5.03. The Hall–Kier alpha value is -2.15. The van der Waals surface area contributed by atoms with E-state index in [1.165, 1.54) is 12.1 Å². The number of carbonyl (C=O) groups excluding carboxylic acids is 1. The average Bonchev–Trinajstić information content (AvgIpc) is 2.52. The van der Waals surface area contributed by atoms with Gasteiger partial charge in [0.2, 0.25) is 0 Å². The number of hydrogen-bond acceptors (Lipinski definition) is 3. The smallest absolute Gasteiger partial charge is 0.339 e. The minimum Gasteiger partial charge on any atom is -0.486 e. The number of terminal acetylenes is 1. The summed E-state index contributed by atoms with van der Waals surface area (Å²) in [4.78, 5) is 11.7. The summed E-state index contributed by atoms with van der Waals surface area (Å²) in [5, 5.41) is 0.465. The van der Waals surface area contributed by atoms with Gasteiger partial charge in [-0.3, -0.25) is 0 Å². The van der Waals surface area contributed by atoms with Crippen molar-refractivity contribution in [1.29, 1.82) is 0 Å². The van der Waals surface area contributed by atoms with Crippen LogP contribution in [0.1, 0.15) is 15.9 Å². The van der Waals surface area contributed by atoms with Crippen molar-refractivity contribution in [2.45, 2.75) is 6.61 Å². The zero-order valence-corrected chi connectivity index (χ0v) is 13.0. The molecule has 0 aromatic heterocycles. The van der Waals surface area contributed by atoms with E-state index in [4.69, 9.17) is 39.1 Å². The SMILES string of the molecule is C#CCOC(=O)c1cc(Cl)c(OCc2ccccc2)c(Cl)c1. The highest BCUT2D eigenvalue weighted by molar-refractivity contribution is 6.37. The van der Waals surface area contributed by atoms with Crippen LogP contribution in [0.2, 0.25) is 10.0 Å². The molecule has 0 fully saturated rings. The molecule has 0 amide bonds. The number of halogens is 2. The first-order valence-corrected chi connectivity index (χ1v) is 7.13. The Morgan fingerprint density at radius 3 is 2.36 bits per heavy atom. The predicted molar refractivity (Wildman–Crippen MR) is 86.4 cm³/mol. The zero-order chi connectivity index (χ0) is 15.9. The van der Waals surface area contributed by atoms with Gasteiger partial charge in [0.15, 0.2) is 12.4 Å². The number of rotatable bonds is 5. The minimum absolute atomic E-state index is 0.111. The second-order valence-electron chi connectivity index (χ2n) is 4.32. The Morgan fingerprint density at radius 2 is 1.77 bits per heavy atom. The summed E-state index contributed by atoms with van der Waals surface area (Å²) in [5.41, 5.74) is 1.20. The third-order valence-corrected chi connectivity index (χ3v) is 3.31. The predicted octanol–water partition coefficient (Wildman–Crippen LogP) is 4.36. The van der Waals surface area contributed by atoms with Crippen LogP contribution in [0.5, 0.6) is 5.75 Å². The van der Waals surface area contributed by atoms with E-state index in [0.717, 1.165) is 5.56 Å². The van der Waals surface area contributed by atoms with Crippen molar-refractivity contribution in [1.82, 2.24) is 0 Å². The van der Waals surface area contributed by atoms with Crippen LogP contribution in [-0.4, -0.2) is 12.6 Å². The van der Waals surface area contributed by atoms with E-state index in [9.17, 15) is 4.79 Å². The Labute approximate surface area is 138 Å². The summed E-state index contributed by atoms with van der Waals surface area (Å²) in [6, 6.07) is 12.5. The molecule has 2 aromatic rings. The first-order valence-electron chi connectivity index (χ1n) is 6.38. The molecule has 0 radical (unpaired) electrons. The van der Waals surface area contributed by atoms with Crippen molar-refractivity contribution in [3.8, 4) is 18.1 Å². The number of carbonyl (C=O) groups is 1. The Bertz CT molecular complexity index is 683. The van der Waals surface area contributed by atoms with E-state index in [1.807, 2.05) is 30.3 Å². The van der Waals surface area contributed by atoms with Crippen molar-refractivity contribution in [2.24, 2.45) is 0 Å². The monoisotopic (exact) mass is 334 g/mol. The molecule has 0 aliphatic heterocycles. The molecule has 0 aliphatic rings. The molecule has 0 saturated carbocycles. The van der Waals surface area contributed by atoms with E-state index in [0.29, 0.717) is 12.4 Å². The molecule has 0 aliphatic carbocycles. The van der Waals surface area contributed by atoms with Gasteiger partial charge in [0.1, 0.15) is 6.61 Å². The van der Waals surface area contributed by atoms with Gasteiger partial charge in [0, 0.05) is 0 Å². The normalized spacial score (nSPS) is 9.86. The first kappa shape index (κ1) is 16.2. The molecule has 112 valence electrons. The van der Waals surface area contributed by atoms with Gasteiger partial charge in [-0.1, -0.05) is 59.5 Å². The van der Waals surface area contributed by atoms with Crippen LogP contribution in [0.3, 0.4) is 0 Å². The van der Waals surface area contributed by atoms with Crippen LogP contribution in [-0.2, 0) is 11.3 Å². The standard InChI is InChI=1S/C17H12Cl2O3/c1-2-8-21-17(20)13-9-14(18)16(15(19)10-13)22-11-12-6-4-3-5-7-12/h1,3-7,9-10H,8,11H2. The fourth-order valence-corrected chi connectivity index (χ4v) is 2.33. The summed E-state index contributed by atoms with van der Waals surface area (Å²) >= 11 is 12.2. The molecule has 0 unspecified atom stereocenters. The number of benzene rings is 2. The van der Waals surface area contributed by atoms with E-state index in [1.54, 1.807) is 0 Å². The van der Waals surface area contributed by atoms with Gasteiger partial charge in [-0.15, -0.1) is 6.42 Å². The van der Waals surface area contributed by atoms with Gasteiger partial charge < -0.3 is 9.47 Å². The summed E-state index contributed by atoms with van der Waals surface area (Å²) in [5.74, 6) is 1.95. The highest BCUT2D eigenvalue weighted by atomic mass is 35.5. The maximum atomic E-state index is 11.7. The third kappa shape index (κ3) is 4.17. The van der Waals surface area contributed by atoms with Gasteiger partial charge in [0.05, 0.1) is 15.6 Å². The molecule has 3 nitrogen and oxygen atoms in total. The largest absolute Gasteiger partial charge is 0.486 e. The third-order valence-electron chi connectivity index (χ3n) is 2.75. The molecule has 2 aromatic carbocycles. The maximum absolute atomic E-state index is 11.7. The van der Waals surface area contributed by atoms with Crippen LogP contribution >= 0.6 is 23.2 Å². The van der Waals surface area contributed by atoms with E-state index >= 15 is 0 Å². The van der Waals surface area contributed by atoms with E-state index in [2.05, 4.69) is 5.92 Å². The van der Waals surface area contributed by atoms with Gasteiger partial charge in [-0.2, -0.15) is 0 Å². The van der Waals surface area contributed by atoms with Gasteiger partial charge in [-0.25, -0.2) is 4.79 Å². The Balaban J connectivity index is 2.13. The zero-order valence-electron chi connectivity index (χ0n) is 11.5. The van der Waals surface area contributed by atoms with Crippen molar-refractivity contribution in [3.63, 3.8) is 0 Å². The van der Waals surface area contributed by atoms with Gasteiger partial charge in [-0.05, 0) is 17.7 Å². The van der Waals surface area contributed by atoms with E-state index in [-0.39, 0.29) is 22.2 Å². The number of esters is 1. The number of ether oxygens (including phenoxy) is 2. The second kappa shape index (κ2) is 7.74. The fourth-order valence-electron chi connectivity index (χ4n) is 1.74. The van der Waals surface area contributed by atoms with Crippen LogP contribution < -0.4 is 4.74 Å². The summed E-state index contributed by atoms with van der Waals surface area (Å²) in [7, 11) is 0. The highest BCUT2D eigenvalue weighted by Crippen LogP contribution is 2.35. The van der Waals surface area contributed by atoms with Crippen molar-refractivity contribution < 1.29 is 14.3 Å². The van der Waals surface area contributed by atoms with Crippen LogP contribution in [0.4, 0.5) is 0 Å². The molecule has 0 N–H and O–H groups in total. The van der Waals surface area contributed by atoms with Crippen LogP contribution in [0.15, 0.2) is 42.5 Å². The molecule has 0 heterocycles. The molecular weight excluding hydrogens is 323 g/mol. The lowest BCUT2D eigenvalue weighted by Gasteiger charge is -2.11. The topological polar surface area (TPSA) is 35.5 Å². The average molecular weight is 335 g/mol. The fraction of sp³-hybridized carbons (Fsp3) is 0.118. The molecule has 22 heavy (non-hydrogen) atoms. The molecule has 0 atom stereocenters. The minimum atomic E-state index is -0.587. The van der Waals surface area contributed by atoms with Gasteiger partial charge >= 0.3 is 5.97 Å². The Kier molecular flexibility index (Phi) is 5.71. The van der Waals surface area contributed by atoms with Crippen molar-refractivity contribution in [2.75, 3.05) is 6.61 Å². The molecule has 5 heteroatoms. The highest BCUT2D eigenvalue weighted by Gasteiger charge is 2.15. The lowest BCUT2D eigenvalue weighted by molar-refractivity contribution is 0.0556. The second-order valence-corrected chi connectivity index (χ2v) is 5.14. The summed E-state index contributed by atoms with van der Waals surface area (Å²) < 4.78 is 10.4. The molecule has 0 bridgehead atoms. The molecule has 0 saturated heterocycles. The lowest BCUT2D eigenvalue weighted by atomic mass is 10.2. The van der Waals surface area contributed by atoms with Crippen molar-refractivity contribution in [3.05, 3.63) is 63.6 Å². The van der Waals surface area contributed by atoms with Gasteiger partial charge in [0.25, 0.3) is 0 Å². The van der Waals surface area contributed by atoms with Crippen molar-refractivity contribution >= 4 is 29.2 Å². The van der Waals surface area contributed by atoms with Crippen LogP contribution in [0, 0.1) is 12.3 Å². The quantitative estimate of drug-likeness (QED) is 0.601. The van der Waals surface area contributed by atoms with E-state index < -0.39 is 5.97 Å². The lowest BCUT2D eigenvalue weighted by Crippen LogP contribution is -2.06. The molecular formula is C17H12Cl2O3.